The monoisotopic (exact) mass is 275 g/mol. The third kappa shape index (κ3) is 3.67. The lowest BCUT2D eigenvalue weighted by atomic mass is 10.1. The number of aryl methyl sites for hydroxylation is 1. The summed E-state index contributed by atoms with van der Waals surface area (Å²) in [4.78, 5) is 4.34. The molecule has 0 aliphatic heterocycles. The zero-order valence-corrected chi connectivity index (χ0v) is 12.2. The summed E-state index contributed by atoms with van der Waals surface area (Å²) in [6.07, 6.45) is 5.33. The molecule has 1 heterocycles. The summed E-state index contributed by atoms with van der Waals surface area (Å²) in [6, 6.07) is 5.32. The van der Waals surface area contributed by atoms with Crippen LogP contribution >= 0.6 is 0 Å². The molecule has 0 saturated carbocycles. The van der Waals surface area contributed by atoms with Gasteiger partial charge in [-0.25, -0.2) is 9.37 Å². The Morgan fingerprint density at radius 3 is 2.90 bits per heavy atom. The van der Waals surface area contributed by atoms with Crippen LogP contribution in [0, 0.1) is 5.82 Å². The van der Waals surface area contributed by atoms with E-state index in [1.807, 2.05) is 18.3 Å². The van der Waals surface area contributed by atoms with Crippen molar-refractivity contribution in [2.75, 3.05) is 6.54 Å². The molecule has 2 aromatic rings. The van der Waals surface area contributed by atoms with Gasteiger partial charge in [-0.1, -0.05) is 26.0 Å². The van der Waals surface area contributed by atoms with E-state index in [-0.39, 0.29) is 5.82 Å². The van der Waals surface area contributed by atoms with Gasteiger partial charge in [0.15, 0.2) is 0 Å². The van der Waals surface area contributed by atoms with Crippen molar-refractivity contribution in [3.05, 3.63) is 53.4 Å². The normalized spacial score (nSPS) is 10.9. The van der Waals surface area contributed by atoms with Gasteiger partial charge >= 0.3 is 0 Å². The first-order valence-electron chi connectivity index (χ1n) is 7.22. The average Bonchev–Trinajstić information content (AvgIpc) is 2.87. The van der Waals surface area contributed by atoms with Gasteiger partial charge in [0, 0.05) is 31.9 Å². The molecule has 0 amide bonds. The van der Waals surface area contributed by atoms with Crippen LogP contribution in [0.4, 0.5) is 4.39 Å². The standard InChI is InChI=1S/C16H22FN3/c1-3-8-20-9-7-19-16(20)11-14-10-13(12-18-4-2)5-6-15(14)17/h5-7,9-10,18H,3-4,8,11-12H2,1-2H3. The van der Waals surface area contributed by atoms with E-state index >= 15 is 0 Å². The lowest BCUT2D eigenvalue weighted by Gasteiger charge is -2.09. The van der Waals surface area contributed by atoms with Gasteiger partial charge in [-0.05, 0) is 30.2 Å². The highest BCUT2D eigenvalue weighted by Gasteiger charge is 2.09. The summed E-state index contributed by atoms with van der Waals surface area (Å²) in [5.74, 6) is 0.766. The second-order valence-corrected chi connectivity index (χ2v) is 4.92. The number of imidazole rings is 1. The number of nitrogens with zero attached hydrogens (tertiary/aromatic N) is 2. The molecular formula is C16H22FN3. The topological polar surface area (TPSA) is 29.9 Å². The average molecular weight is 275 g/mol. The lowest BCUT2D eigenvalue weighted by Crippen LogP contribution is -2.12. The summed E-state index contributed by atoms with van der Waals surface area (Å²) in [7, 11) is 0. The molecule has 20 heavy (non-hydrogen) atoms. The molecule has 0 spiro atoms. The molecular weight excluding hydrogens is 253 g/mol. The van der Waals surface area contributed by atoms with Crippen molar-refractivity contribution < 1.29 is 4.39 Å². The summed E-state index contributed by atoms with van der Waals surface area (Å²) in [6.45, 7) is 6.79. The Morgan fingerprint density at radius 1 is 1.30 bits per heavy atom. The first kappa shape index (κ1) is 14.7. The number of benzene rings is 1. The van der Waals surface area contributed by atoms with Crippen molar-refractivity contribution in [2.24, 2.45) is 0 Å². The largest absolute Gasteiger partial charge is 0.335 e. The SMILES string of the molecule is CCCn1ccnc1Cc1cc(CNCC)ccc1F. The molecule has 0 saturated heterocycles. The van der Waals surface area contributed by atoms with Crippen molar-refractivity contribution >= 4 is 0 Å². The van der Waals surface area contributed by atoms with E-state index in [0.717, 1.165) is 37.4 Å². The quantitative estimate of drug-likeness (QED) is 0.841. The fraction of sp³-hybridized carbons (Fsp3) is 0.438. The molecule has 4 heteroatoms. The zero-order chi connectivity index (χ0) is 14.4. The van der Waals surface area contributed by atoms with Crippen molar-refractivity contribution in [1.82, 2.24) is 14.9 Å². The van der Waals surface area contributed by atoms with Crippen LogP contribution in [0.2, 0.25) is 0 Å². The number of rotatable bonds is 7. The highest BCUT2D eigenvalue weighted by Crippen LogP contribution is 2.15. The second kappa shape index (κ2) is 7.20. The molecule has 0 aliphatic carbocycles. The minimum Gasteiger partial charge on any atom is -0.335 e. The molecule has 0 unspecified atom stereocenters. The van der Waals surface area contributed by atoms with Crippen LogP contribution in [-0.4, -0.2) is 16.1 Å². The van der Waals surface area contributed by atoms with Crippen LogP contribution in [0.25, 0.3) is 0 Å². The molecule has 108 valence electrons. The minimum absolute atomic E-state index is 0.156. The van der Waals surface area contributed by atoms with Gasteiger partial charge in [0.25, 0.3) is 0 Å². The van der Waals surface area contributed by atoms with Crippen LogP contribution in [0.15, 0.2) is 30.6 Å². The van der Waals surface area contributed by atoms with Crippen molar-refractivity contribution in [1.29, 1.82) is 0 Å². The van der Waals surface area contributed by atoms with Crippen LogP contribution in [0.3, 0.4) is 0 Å². The highest BCUT2D eigenvalue weighted by atomic mass is 19.1. The van der Waals surface area contributed by atoms with Gasteiger partial charge in [-0.2, -0.15) is 0 Å². The Balaban J connectivity index is 2.17. The number of hydrogen-bond acceptors (Lipinski definition) is 2. The molecule has 3 nitrogen and oxygen atoms in total. The van der Waals surface area contributed by atoms with Gasteiger partial charge in [0.2, 0.25) is 0 Å². The Hall–Kier alpha value is -1.68. The maximum absolute atomic E-state index is 13.9. The fourth-order valence-electron chi connectivity index (χ4n) is 2.26. The molecule has 0 radical (unpaired) electrons. The van der Waals surface area contributed by atoms with E-state index in [1.165, 1.54) is 0 Å². The number of nitrogens with one attached hydrogen (secondary N) is 1. The van der Waals surface area contributed by atoms with Gasteiger partial charge < -0.3 is 9.88 Å². The Kier molecular flexibility index (Phi) is 5.30. The maximum atomic E-state index is 13.9. The van der Waals surface area contributed by atoms with Gasteiger partial charge in [-0.3, -0.25) is 0 Å². The van der Waals surface area contributed by atoms with Crippen LogP contribution in [-0.2, 0) is 19.5 Å². The van der Waals surface area contributed by atoms with Gasteiger partial charge in [0.1, 0.15) is 11.6 Å². The Bertz CT molecular complexity index is 548. The molecule has 2 rings (SSSR count). The number of hydrogen-bond donors (Lipinski definition) is 1. The van der Waals surface area contributed by atoms with E-state index in [1.54, 1.807) is 12.3 Å². The summed E-state index contributed by atoms with van der Waals surface area (Å²) < 4.78 is 16.0. The van der Waals surface area contributed by atoms with Crippen LogP contribution in [0.5, 0.6) is 0 Å². The van der Waals surface area contributed by atoms with Crippen molar-refractivity contribution in [2.45, 2.75) is 39.8 Å². The van der Waals surface area contributed by atoms with E-state index in [9.17, 15) is 4.39 Å². The Labute approximate surface area is 119 Å². The van der Waals surface area contributed by atoms with Crippen molar-refractivity contribution in [3.8, 4) is 0 Å². The zero-order valence-electron chi connectivity index (χ0n) is 12.2. The second-order valence-electron chi connectivity index (χ2n) is 4.92. The van der Waals surface area contributed by atoms with E-state index in [0.29, 0.717) is 12.0 Å². The van der Waals surface area contributed by atoms with E-state index in [2.05, 4.69) is 28.7 Å². The lowest BCUT2D eigenvalue weighted by molar-refractivity contribution is 0.600. The predicted octanol–water partition coefficient (Wildman–Crippen LogP) is 3.13. The number of aromatic nitrogens is 2. The highest BCUT2D eigenvalue weighted by molar-refractivity contribution is 5.27. The third-order valence-electron chi connectivity index (χ3n) is 3.30. The molecule has 0 fully saturated rings. The molecule has 1 aromatic heterocycles. The first-order chi connectivity index (χ1) is 9.74. The molecule has 1 aromatic carbocycles. The summed E-state index contributed by atoms with van der Waals surface area (Å²) in [5.41, 5.74) is 1.82. The first-order valence-corrected chi connectivity index (χ1v) is 7.22. The molecule has 0 bridgehead atoms. The maximum Gasteiger partial charge on any atom is 0.126 e. The molecule has 1 N–H and O–H groups in total. The summed E-state index contributed by atoms with van der Waals surface area (Å²) in [5, 5.41) is 3.26. The van der Waals surface area contributed by atoms with Gasteiger partial charge in [0.05, 0.1) is 0 Å². The third-order valence-corrected chi connectivity index (χ3v) is 3.30. The van der Waals surface area contributed by atoms with Crippen molar-refractivity contribution in [3.63, 3.8) is 0 Å². The fourth-order valence-corrected chi connectivity index (χ4v) is 2.26. The van der Waals surface area contributed by atoms with Crippen LogP contribution in [0.1, 0.15) is 37.2 Å². The number of halogens is 1. The minimum atomic E-state index is -0.156. The molecule has 0 atom stereocenters. The summed E-state index contributed by atoms with van der Waals surface area (Å²) >= 11 is 0. The van der Waals surface area contributed by atoms with E-state index in [4.69, 9.17) is 0 Å². The smallest absolute Gasteiger partial charge is 0.126 e. The predicted molar refractivity (Wildman–Crippen MR) is 79.1 cm³/mol. The van der Waals surface area contributed by atoms with Gasteiger partial charge in [-0.15, -0.1) is 0 Å². The molecule has 0 aliphatic rings. The Morgan fingerprint density at radius 2 is 2.15 bits per heavy atom. The van der Waals surface area contributed by atoms with E-state index < -0.39 is 0 Å². The van der Waals surface area contributed by atoms with Crippen LogP contribution < -0.4 is 5.32 Å².